The van der Waals surface area contributed by atoms with Gasteiger partial charge in [0, 0.05) is 24.5 Å². The molecule has 0 fully saturated rings. The highest BCUT2D eigenvalue weighted by Crippen LogP contribution is 2.29. The van der Waals surface area contributed by atoms with Gasteiger partial charge in [-0.3, -0.25) is 14.0 Å². The van der Waals surface area contributed by atoms with Crippen molar-refractivity contribution >= 4 is 23.1 Å². The van der Waals surface area contributed by atoms with Gasteiger partial charge in [0.05, 0.1) is 6.54 Å². The predicted octanol–water partition coefficient (Wildman–Crippen LogP) is 2.40. The summed E-state index contributed by atoms with van der Waals surface area (Å²) in [7, 11) is 1.45. The quantitative estimate of drug-likeness (QED) is 0.479. The van der Waals surface area contributed by atoms with Crippen LogP contribution in [0.15, 0.2) is 53.2 Å². The van der Waals surface area contributed by atoms with E-state index in [1.807, 2.05) is 0 Å². The van der Waals surface area contributed by atoms with Crippen LogP contribution in [0.4, 0.5) is 18.9 Å². The number of fused-ring (bicyclic) bond motifs is 1. The average molecular weight is 445 g/mol. The Labute approximate surface area is 177 Å². The number of rotatable bonds is 4. The summed E-state index contributed by atoms with van der Waals surface area (Å²) >= 11 is 0. The highest BCUT2D eigenvalue weighted by atomic mass is 19.4. The summed E-state index contributed by atoms with van der Waals surface area (Å²) in [5, 5.41) is 13.7. The molecule has 4 aromatic rings. The summed E-state index contributed by atoms with van der Waals surface area (Å²) in [5.74, 6) is -2.94. The standard InChI is InChI=1S/C19H14F3N7O3/c1-28(10-14-26-25-13-4-2-3-9-29(13)14)17(31)16(30)23-12-7-5-11(6-8-12)15-24-18(32-27-15)19(20,21)22/h2-9H,10H2,1H3,(H,23,30). The first-order valence-corrected chi connectivity index (χ1v) is 9.09. The Morgan fingerprint density at radius 1 is 1.12 bits per heavy atom. The highest BCUT2D eigenvalue weighted by molar-refractivity contribution is 6.39. The molecule has 3 heterocycles. The smallest absolute Gasteiger partial charge is 0.330 e. The number of aromatic nitrogens is 5. The van der Waals surface area contributed by atoms with Gasteiger partial charge in [0.1, 0.15) is 0 Å². The molecule has 164 valence electrons. The van der Waals surface area contributed by atoms with Crippen molar-refractivity contribution < 1.29 is 27.3 Å². The number of halogens is 3. The summed E-state index contributed by atoms with van der Waals surface area (Å²) in [6, 6.07) is 10.9. The number of nitrogens with zero attached hydrogens (tertiary/aromatic N) is 6. The molecule has 1 N–H and O–H groups in total. The zero-order valence-corrected chi connectivity index (χ0v) is 16.4. The zero-order valence-electron chi connectivity index (χ0n) is 16.4. The predicted molar refractivity (Wildman–Crippen MR) is 103 cm³/mol. The van der Waals surface area contributed by atoms with E-state index < -0.39 is 23.9 Å². The van der Waals surface area contributed by atoms with Crippen LogP contribution in [0, 0.1) is 0 Å². The van der Waals surface area contributed by atoms with Crippen molar-refractivity contribution in [2.24, 2.45) is 0 Å². The number of benzene rings is 1. The first-order valence-electron chi connectivity index (χ1n) is 9.09. The van der Waals surface area contributed by atoms with Crippen LogP contribution < -0.4 is 5.32 Å². The lowest BCUT2D eigenvalue weighted by molar-refractivity contribution is -0.159. The van der Waals surface area contributed by atoms with Gasteiger partial charge in [-0.15, -0.1) is 10.2 Å². The van der Waals surface area contributed by atoms with E-state index >= 15 is 0 Å². The Morgan fingerprint density at radius 3 is 2.56 bits per heavy atom. The maximum absolute atomic E-state index is 12.6. The molecule has 0 aliphatic heterocycles. The van der Waals surface area contributed by atoms with Gasteiger partial charge in [0.25, 0.3) is 0 Å². The third-order valence-electron chi connectivity index (χ3n) is 4.37. The summed E-state index contributed by atoms with van der Waals surface area (Å²) in [6.07, 6.45) is -3.00. The van der Waals surface area contributed by atoms with Crippen molar-refractivity contribution in [1.29, 1.82) is 0 Å². The molecule has 0 saturated heterocycles. The van der Waals surface area contributed by atoms with E-state index in [1.54, 1.807) is 28.8 Å². The first kappa shape index (κ1) is 21.0. The fraction of sp³-hybridized carbons (Fsp3) is 0.158. The van der Waals surface area contributed by atoms with E-state index in [0.29, 0.717) is 11.5 Å². The summed E-state index contributed by atoms with van der Waals surface area (Å²) in [4.78, 5) is 29.2. The molecule has 3 aromatic heterocycles. The van der Waals surface area contributed by atoms with Crippen LogP contribution in [0.2, 0.25) is 0 Å². The van der Waals surface area contributed by atoms with Gasteiger partial charge in [-0.25, -0.2) is 0 Å². The Bertz CT molecular complexity index is 1280. The molecule has 0 spiro atoms. The van der Waals surface area contributed by atoms with Crippen LogP contribution in [0.25, 0.3) is 17.0 Å². The van der Waals surface area contributed by atoms with Crippen molar-refractivity contribution in [3.63, 3.8) is 0 Å². The van der Waals surface area contributed by atoms with E-state index in [9.17, 15) is 22.8 Å². The molecule has 4 rings (SSSR count). The van der Waals surface area contributed by atoms with Crippen molar-refractivity contribution in [2.45, 2.75) is 12.7 Å². The largest absolute Gasteiger partial charge is 0.471 e. The Hall–Kier alpha value is -4.29. The van der Waals surface area contributed by atoms with Crippen molar-refractivity contribution in [1.82, 2.24) is 29.6 Å². The maximum Gasteiger partial charge on any atom is 0.471 e. The Balaban J connectivity index is 1.39. The van der Waals surface area contributed by atoms with E-state index in [2.05, 4.69) is 30.2 Å². The van der Waals surface area contributed by atoms with Gasteiger partial charge in [0.2, 0.25) is 5.82 Å². The number of anilines is 1. The van der Waals surface area contributed by atoms with Crippen LogP contribution >= 0.6 is 0 Å². The molecular weight excluding hydrogens is 431 g/mol. The zero-order chi connectivity index (χ0) is 22.9. The van der Waals surface area contributed by atoms with E-state index in [4.69, 9.17) is 0 Å². The molecule has 0 unspecified atom stereocenters. The minimum absolute atomic E-state index is 0.0513. The number of carbonyl (C=O) groups excluding carboxylic acids is 2. The topological polar surface area (TPSA) is 119 Å². The molecule has 32 heavy (non-hydrogen) atoms. The van der Waals surface area contributed by atoms with Gasteiger partial charge in [0.15, 0.2) is 11.5 Å². The molecule has 0 aliphatic rings. The minimum Gasteiger partial charge on any atom is -0.330 e. The van der Waals surface area contributed by atoms with Crippen molar-refractivity contribution in [2.75, 3.05) is 12.4 Å². The third-order valence-corrected chi connectivity index (χ3v) is 4.37. The summed E-state index contributed by atoms with van der Waals surface area (Å²) in [6.45, 7) is 0.0513. The highest BCUT2D eigenvalue weighted by Gasteiger charge is 2.38. The van der Waals surface area contributed by atoms with Gasteiger partial charge < -0.3 is 14.7 Å². The average Bonchev–Trinajstić information content (AvgIpc) is 3.42. The molecule has 0 aliphatic carbocycles. The van der Waals surface area contributed by atoms with E-state index in [1.165, 1.54) is 36.2 Å². The van der Waals surface area contributed by atoms with Crippen LogP contribution in [0.1, 0.15) is 11.7 Å². The number of hydrogen-bond donors (Lipinski definition) is 1. The van der Waals surface area contributed by atoms with Crippen LogP contribution in [0.5, 0.6) is 0 Å². The molecule has 13 heteroatoms. The second-order valence-corrected chi connectivity index (χ2v) is 6.66. The number of nitrogens with one attached hydrogen (secondary N) is 1. The molecule has 1 aromatic carbocycles. The summed E-state index contributed by atoms with van der Waals surface area (Å²) < 4.78 is 43.6. The van der Waals surface area contributed by atoms with Crippen LogP contribution in [-0.2, 0) is 22.3 Å². The first-order chi connectivity index (χ1) is 15.2. The maximum atomic E-state index is 12.6. The third kappa shape index (κ3) is 4.26. The fourth-order valence-corrected chi connectivity index (χ4v) is 2.80. The molecule has 0 saturated carbocycles. The van der Waals surface area contributed by atoms with Gasteiger partial charge in [-0.05, 0) is 36.4 Å². The number of pyridine rings is 1. The molecule has 0 bridgehead atoms. The monoisotopic (exact) mass is 445 g/mol. The van der Waals surface area contributed by atoms with Crippen LogP contribution in [-0.4, -0.2) is 48.5 Å². The Kier molecular flexibility index (Phi) is 5.30. The number of hydrogen-bond acceptors (Lipinski definition) is 7. The number of likely N-dealkylation sites (N-methyl/N-ethyl adjacent to an activating group) is 1. The van der Waals surface area contributed by atoms with Gasteiger partial charge >= 0.3 is 23.9 Å². The fourth-order valence-electron chi connectivity index (χ4n) is 2.80. The number of amides is 2. The molecule has 10 nitrogen and oxygen atoms in total. The second-order valence-electron chi connectivity index (χ2n) is 6.66. The molecule has 0 atom stereocenters. The van der Waals surface area contributed by atoms with E-state index in [-0.39, 0.29) is 23.6 Å². The second kappa shape index (κ2) is 8.09. The number of carbonyl (C=O) groups is 2. The minimum atomic E-state index is -4.75. The van der Waals surface area contributed by atoms with E-state index in [0.717, 1.165) is 0 Å². The van der Waals surface area contributed by atoms with Crippen LogP contribution in [0.3, 0.4) is 0 Å². The summed E-state index contributed by atoms with van der Waals surface area (Å²) in [5.41, 5.74) is 1.11. The molecule has 2 amide bonds. The molecule has 0 radical (unpaired) electrons. The molecular formula is C19H14F3N7O3. The lowest BCUT2D eigenvalue weighted by atomic mass is 10.2. The SMILES string of the molecule is CN(Cc1nnc2ccccn12)C(=O)C(=O)Nc1ccc(-c2noc(C(F)(F)F)n2)cc1. The lowest BCUT2D eigenvalue weighted by Crippen LogP contribution is -2.37. The number of alkyl halides is 3. The van der Waals surface area contributed by atoms with Gasteiger partial charge in [-0.2, -0.15) is 18.2 Å². The van der Waals surface area contributed by atoms with Crippen molar-refractivity contribution in [3.8, 4) is 11.4 Å². The van der Waals surface area contributed by atoms with Crippen molar-refractivity contribution in [3.05, 3.63) is 60.4 Å². The lowest BCUT2D eigenvalue weighted by Gasteiger charge is -2.15. The van der Waals surface area contributed by atoms with Gasteiger partial charge in [-0.1, -0.05) is 11.2 Å². The Morgan fingerprint density at radius 2 is 1.88 bits per heavy atom. The normalized spacial score (nSPS) is 11.5.